The first-order valence-corrected chi connectivity index (χ1v) is 12.1. The average molecular weight is 481 g/mol. The monoisotopic (exact) mass is 479 g/mol. The maximum absolute atomic E-state index is 9.51. The molecule has 0 aromatic heterocycles. The fraction of sp³-hybridized carbons (Fsp3) is 0.500. The summed E-state index contributed by atoms with van der Waals surface area (Å²) in [4.78, 5) is 0. The third-order valence-corrected chi connectivity index (χ3v) is 7.25. The van der Waals surface area contributed by atoms with Crippen LogP contribution in [0.4, 0.5) is 0 Å². The van der Waals surface area contributed by atoms with Gasteiger partial charge in [0.1, 0.15) is 5.75 Å². The maximum atomic E-state index is 9.51. The number of nitrogens with two attached hydrogens (primary N) is 1. The van der Waals surface area contributed by atoms with Crippen molar-refractivity contribution in [3.8, 4) is 5.75 Å². The van der Waals surface area contributed by atoms with Crippen LogP contribution in [0.1, 0.15) is 89.1 Å². The first-order valence-electron chi connectivity index (χ1n) is 11.3. The molecule has 2 aromatic carbocycles. The normalized spacial score (nSPS) is 11.1. The van der Waals surface area contributed by atoms with Crippen LogP contribution < -0.4 is 5.73 Å². The molecule has 0 saturated carbocycles. The molecule has 0 radical (unpaired) electrons. The Hall–Kier alpha value is -1.64. The second-order valence-corrected chi connectivity index (χ2v) is 10.2. The Morgan fingerprint density at radius 2 is 1.47 bits per heavy atom. The second-order valence-electron chi connectivity index (χ2n) is 9.40. The lowest BCUT2D eigenvalue weighted by Gasteiger charge is -2.30. The number of phenolic OH excluding ortho intramolecular Hbond substituents is 1. The largest absolute Gasteiger partial charge is 0.506 e. The van der Waals surface area contributed by atoms with Gasteiger partial charge in [0.25, 0.3) is 0 Å². The van der Waals surface area contributed by atoms with Crippen molar-refractivity contribution in [1.82, 2.24) is 0 Å². The zero-order chi connectivity index (χ0) is 25.3. The van der Waals surface area contributed by atoms with E-state index in [1.54, 1.807) is 13.0 Å². The number of hydrogen-bond acceptors (Lipinski definition) is 2. The van der Waals surface area contributed by atoms with Crippen molar-refractivity contribution in [3.63, 3.8) is 0 Å². The Balaban J connectivity index is 0.000000559. The molecule has 3 N–H and O–H groups in total. The molecule has 0 heterocycles. The molecule has 0 fully saturated rings. The molecule has 0 bridgehead atoms. The van der Waals surface area contributed by atoms with E-state index < -0.39 is 0 Å². The lowest BCUT2D eigenvalue weighted by Crippen LogP contribution is -2.21. The Kier molecular flexibility index (Phi) is 12.5. The SMILES string of the molecule is C=CN.CCC(C)(C)c1ccc(C)c(C(C)(C)CC)c1.CCc1cc(Cl)c(C)c(Cl)c1O. The van der Waals surface area contributed by atoms with Gasteiger partial charge >= 0.3 is 0 Å². The Labute approximate surface area is 206 Å². The molecule has 0 aliphatic carbocycles. The van der Waals surface area contributed by atoms with E-state index in [4.69, 9.17) is 23.2 Å². The third kappa shape index (κ3) is 8.05. The molecule has 0 atom stereocenters. The Bertz CT molecular complexity index is 885. The number of aryl methyl sites for hydroxylation is 2. The molecule has 0 saturated heterocycles. The van der Waals surface area contributed by atoms with Gasteiger partial charge in [-0.1, -0.05) is 96.4 Å². The molecular formula is C28H43Cl2NO. The van der Waals surface area contributed by atoms with E-state index in [-0.39, 0.29) is 16.6 Å². The van der Waals surface area contributed by atoms with Crippen LogP contribution in [0.5, 0.6) is 5.75 Å². The van der Waals surface area contributed by atoms with Crippen LogP contribution in [-0.2, 0) is 17.3 Å². The molecule has 180 valence electrons. The van der Waals surface area contributed by atoms with Gasteiger partial charge in [-0.3, -0.25) is 0 Å². The third-order valence-electron chi connectivity index (χ3n) is 6.40. The minimum atomic E-state index is 0.154. The van der Waals surface area contributed by atoms with Crippen LogP contribution in [0, 0.1) is 13.8 Å². The average Bonchev–Trinajstić information content (AvgIpc) is 2.75. The van der Waals surface area contributed by atoms with E-state index in [0.717, 1.165) is 17.5 Å². The van der Waals surface area contributed by atoms with Crippen LogP contribution in [-0.4, -0.2) is 5.11 Å². The molecule has 0 amide bonds. The summed E-state index contributed by atoms with van der Waals surface area (Å²) in [6.07, 6.45) is 4.34. The van der Waals surface area contributed by atoms with E-state index in [2.05, 4.69) is 79.0 Å². The van der Waals surface area contributed by atoms with Crippen molar-refractivity contribution in [2.75, 3.05) is 0 Å². The summed E-state index contributed by atoms with van der Waals surface area (Å²) in [5.74, 6) is 0.154. The first kappa shape index (κ1) is 30.4. The number of benzene rings is 2. The van der Waals surface area contributed by atoms with E-state index in [9.17, 15) is 5.11 Å². The number of hydrogen-bond donors (Lipinski definition) is 2. The molecule has 32 heavy (non-hydrogen) atoms. The highest BCUT2D eigenvalue weighted by Crippen LogP contribution is 2.36. The number of aromatic hydroxyl groups is 1. The predicted molar refractivity (Wildman–Crippen MR) is 144 cm³/mol. The number of phenols is 1. The van der Waals surface area contributed by atoms with Crippen LogP contribution in [0.2, 0.25) is 10.0 Å². The van der Waals surface area contributed by atoms with Gasteiger partial charge in [-0.25, -0.2) is 0 Å². The van der Waals surface area contributed by atoms with E-state index in [0.29, 0.717) is 10.0 Å². The van der Waals surface area contributed by atoms with E-state index >= 15 is 0 Å². The van der Waals surface area contributed by atoms with Gasteiger partial charge in [0.15, 0.2) is 0 Å². The van der Waals surface area contributed by atoms with Gasteiger partial charge in [0.2, 0.25) is 0 Å². The second kappa shape index (κ2) is 13.2. The molecule has 2 nitrogen and oxygen atoms in total. The zero-order valence-electron chi connectivity index (χ0n) is 21.5. The van der Waals surface area contributed by atoms with Crippen LogP contribution in [0.3, 0.4) is 0 Å². The fourth-order valence-electron chi connectivity index (χ4n) is 3.19. The lowest BCUT2D eigenvalue weighted by atomic mass is 9.75. The quantitative estimate of drug-likeness (QED) is 0.448. The van der Waals surface area contributed by atoms with E-state index in [1.165, 1.54) is 35.7 Å². The molecule has 0 aliphatic rings. The summed E-state index contributed by atoms with van der Waals surface area (Å²) in [6.45, 7) is 23.0. The Morgan fingerprint density at radius 1 is 0.969 bits per heavy atom. The smallest absolute Gasteiger partial charge is 0.137 e. The van der Waals surface area contributed by atoms with Gasteiger partial charge in [-0.15, -0.1) is 0 Å². The van der Waals surface area contributed by atoms with Crippen LogP contribution in [0.15, 0.2) is 37.0 Å². The number of halogens is 2. The molecule has 2 aromatic rings. The summed E-state index contributed by atoms with van der Waals surface area (Å²) in [7, 11) is 0. The maximum Gasteiger partial charge on any atom is 0.137 e. The highest BCUT2D eigenvalue weighted by Gasteiger charge is 2.24. The van der Waals surface area contributed by atoms with Gasteiger partial charge in [0, 0.05) is 5.02 Å². The highest BCUT2D eigenvalue weighted by molar-refractivity contribution is 6.37. The van der Waals surface area contributed by atoms with Crippen molar-refractivity contribution in [3.05, 3.63) is 74.9 Å². The standard InChI is InChI=1S/C17H28.C9H10Cl2O.C2H5N/c1-8-16(4,5)14-11-10-13(3)15(12-14)17(6,7)9-2;1-3-6-4-7(10)5(2)8(11)9(6)12;1-2-3/h10-12H,8-9H2,1-7H3;4,12H,3H2,1-2H3;2H,1,3H2. The molecule has 2 rings (SSSR count). The van der Waals surface area contributed by atoms with Gasteiger partial charge < -0.3 is 10.8 Å². The number of rotatable bonds is 5. The summed E-state index contributed by atoms with van der Waals surface area (Å²) in [6, 6.07) is 8.77. The van der Waals surface area contributed by atoms with E-state index in [1.807, 2.05) is 6.92 Å². The van der Waals surface area contributed by atoms with Crippen molar-refractivity contribution < 1.29 is 5.11 Å². The summed E-state index contributed by atoms with van der Waals surface area (Å²) >= 11 is 11.7. The van der Waals surface area contributed by atoms with Gasteiger partial charge in [-0.05, 0) is 84.0 Å². The van der Waals surface area contributed by atoms with Gasteiger partial charge in [-0.2, -0.15) is 0 Å². The molecular weight excluding hydrogens is 437 g/mol. The molecule has 4 heteroatoms. The minimum Gasteiger partial charge on any atom is -0.506 e. The van der Waals surface area contributed by atoms with Crippen LogP contribution >= 0.6 is 23.2 Å². The summed E-state index contributed by atoms with van der Waals surface area (Å²) < 4.78 is 0. The van der Waals surface area contributed by atoms with Crippen LogP contribution in [0.25, 0.3) is 0 Å². The summed E-state index contributed by atoms with van der Waals surface area (Å²) in [5, 5.41) is 10.5. The Morgan fingerprint density at radius 3 is 1.91 bits per heavy atom. The van der Waals surface area contributed by atoms with Crippen molar-refractivity contribution in [1.29, 1.82) is 0 Å². The zero-order valence-corrected chi connectivity index (χ0v) is 23.0. The van der Waals surface area contributed by atoms with Crippen molar-refractivity contribution >= 4 is 23.2 Å². The summed E-state index contributed by atoms with van der Waals surface area (Å²) in [5.41, 5.74) is 11.1. The minimum absolute atomic E-state index is 0.154. The first-order chi connectivity index (χ1) is 14.7. The van der Waals surface area contributed by atoms with Crippen molar-refractivity contribution in [2.24, 2.45) is 5.73 Å². The topological polar surface area (TPSA) is 46.2 Å². The fourth-order valence-corrected chi connectivity index (χ4v) is 3.69. The molecule has 0 unspecified atom stereocenters. The highest BCUT2D eigenvalue weighted by atomic mass is 35.5. The van der Waals surface area contributed by atoms with Crippen molar-refractivity contribution in [2.45, 2.75) is 92.4 Å². The predicted octanol–water partition coefficient (Wildman–Crippen LogP) is 9.03. The lowest BCUT2D eigenvalue weighted by molar-refractivity contribution is 0.468. The van der Waals surface area contributed by atoms with Gasteiger partial charge in [0.05, 0.1) is 5.02 Å². The molecule has 0 aliphatic heterocycles. The molecule has 0 spiro atoms.